The van der Waals surface area contributed by atoms with Gasteiger partial charge in [-0.05, 0) is 13.3 Å². The first kappa shape index (κ1) is 13.2. The Bertz CT molecular complexity index is 336. The van der Waals surface area contributed by atoms with E-state index in [9.17, 15) is 4.79 Å². The van der Waals surface area contributed by atoms with Crippen molar-refractivity contribution >= 4 is 14.0 Å². The summed E-state index contributed by atoms with van der Waals surface area (Å²) in [6.07, 6.45) is 7.68. The van der Waals surface area contributed by atoms with E-state index in [1.54, 1.807) is 0 Å². The molecular weight excluding hydrogens is 216 g/mol. The Morgan fingerprint density at radius 1 is 1.50 bits per heavy atom. The summed E-state index contributed by atoms with van der Waals surface area (Å²) in [5.74, 6) is -0.199. The molecule has 0 radical (unpaired) electrons. The van der Waals surface area contributed by atoms with Crippen LogP contribution < -0.4 is 0 Å². The lowest BCUT2D eigenvalue weighted by Crippen LogP contribution is -2.38. The molecule has 1 atom stereocenters. The number of carbonyl (C=O) groups excluding carboxylic acids is 1. The molecule has 0 aliphatic heterocycles. The Morgan fingerprint density at radius 3 is 2.62 bits per heavy atom. The zero-order valence-electron chi connectivity index (χ0n) is 11.0. The van der Waals surface area contributed by atoms with Gasteiger partial charge in [0.1, 0.15) is 6.61 Å². The standard InChI is InChI=1S/C13H22O2Si/c1-11(14)15-10-13(2)9-7-6-8-12(13)16(3,4)5/h7-9H,6,10H2,1-5H3. The summed E-state index contributed by atoms with van der Waals surface area (Å²) < 4.78 is 5.20. The number of carbonyl (C=O) groups is 1. The van der Waals surface area contributed by atoms with Crippen LogP contribution in [0.25, 0.3) is 0 Å². The molecule has 0 saturated heterocycles. The van der Waals surface area contributed by atoms with Gasteiger partial charge in [0.05, 0.1) is 8.07 Å². The van der Waals surface area contributed by atoms with Crippen molar-refractivity contribution in [3.05, 3.63) is 23.4 Å². The van der Waals surface area contributed by atoms with Crippen molar-refractivity contribution in [2.24, 2.45) is 5.41 Å². The van der Waals surface area contributed by atoms with Crippen molar-refractivity contribution in [2.45, 2.75) is 39.9 Å². The van der Waals surface area contributed by atoms with Crippen molar-refractivity contribution in [1.82, 2.24) is 0 Å². The van der Waals surface area contributed by atoms with E-state index in [0.29, 0.717) is 6.61 Å². The van der Waals surface area contributed by atoms with Crippen molar-refractivity contribution in [3.63, 3.8) is 0 Å². The van der Waals surface area contributed by atoms with Crippen LogP contribution in [0.2, 0.25) is 19.6 Å². The van der Waals surface area contributed by atoms with Gasteiger partial charge in [0, 0.05) is 12.3 Å². The molecule has 1 aliphatic rings. The average Bonchev–Trinajstić information content (AvgIpc) is 2.14. The number of hydrogen-bond acceptors (Lipinski definition) is 2. The van der Waals surface area contributed by atoms with Crippen LogP contribution in [0, 0.1) is 5.41 Å². The van der Waals surface area contributed by atoms with E-state index in [0.717, 1.165) is 6.42 Å². The van der Waals surface area contributed by atoms with Crippen molar-refractivity contribution in [2.75, 3.05) is 6.61 Å². The summed E-state index contributed by atoms with van der Waals surface area (Å²) in [7, 11) is -1.35. The van der Waals surface area contributed by atoms with Crippen molar-refractivity contribution in [3.8, 4) is 0 Å². The second kappa shape index (κ2) is 4.58. The van der Waals surface area contributed by atoms with E-state index in [-0.39, 0.29) is 11.4 Å². The summed E-state index contributed by atoms with van der Waals surface area (Å²) in [5, 5.41) is 1.49. The Morgan fingerprint density at radius 2 is 2.12 bits per heavy atom. The minimum atomic E-state index is -1.35. The van der Waals surface area contributed by atoms with Gasteiger partial charge in [0.2, 0.25) is 0 Å². The zero-order chi connectivity index (χ0) is 12.4. The fraction of sp³-hybridized carbons (Fsp3) is 0.615. The molecule has 0 spiro atoms. The SMILES string of the molecule is CC(=O)OCC1(C)C=CCC=C1[Si](C)(C)C. The smallest absolute Gasteiger partial charge is 0.302 e. The van der Waals surface area contributed by atoms with Crippen LogP contribution in [0.4, 0.5) is 0 Å². The highest BCUT2D eigenvalue weighted by Crippen LogP contribution is 2.38. The van der Waals surface area contributed by atoms with Crippen LogP contribution in [0.1, 0.15) is 20.3 Å². The highest BCUT2D eigenvalue weighted by atomic mass is 28.3. The van der Waals surface area contributed by atoms with E-state index in [1.165, 1.54) is 12.1 Å². The van der Waals surface area contributed by atoms with Crippen molar-refractivity contribution in [1.29, 1.82) is 0 Å². The largest absolute Gasteiger partial charge is 0.465 e. The van der Waals surface area contributed by atoms with Crippen LogP contribution in [0.3, 0.4) is 0 Å². The molecule has 1 aliphatic carbocycles. The van der Waals surface area contributed by atoms with Gasteiger partial charge in [-0.25, -0.2) is 0 Å². The normalized spacial score (nSPS) is 25.2. The zero-order valence-corrected chi connectivity index (χ0v) is 12.0. The van der Waals surface area contributed by atoms with Crippen LogP contribution in [0.15, 0.2) is 23.4 Å². The first-order valence-electron chi connectivity index (χ1n) is 5.78. The van der Waals surface area contributed by atoms with E-state index < -0.39 is 8.07 Å². The number of allylic oxidation sites excluding steroid dienone is 2. The average molecular weight is 238 g/mol. The van der Waals surface area contributed by atoms with Crippen molar-refractivity contribution < 1.29 is 9.53 Å². The van der Waals surface area contributed by atoms with E-state index in [2.05, 4.69) is 44.8 Å². The third-order valence-electron chi connectivity index (χ3n) is 2.94. The van der Waals surface area contributed by atoms with Gasteiger partial charge in [-0.15, -0.1) is 0 Å². The molecule has 0 bridgehead atoms. The maximum atomic E-state index is 10.9. The Labute approximate surface area is 99.4 Å². The van der Waals surface area contributed by atoms with E-state index in [1.807, 2.05) is 0 Å². The topological polar surface area (TPSA) is 26.3 Å². The maximum Gasteiger partial charge on any atom is 0.302 e. The van der Waals surface area contributed by atoms with Crippen LogP contribution in [0.5, 0.6) is 0 Å². The van der Waals surface area contributed by atoms with Crippen LogP contribution in [-0.4, -0.2) is 20.7 Å². The molecule has 0 N–H and O–H groups in total. The quantitative estimate of drug-likeness (QED) is 0.428. The first-order valence-corrected chi connectivity index (χ1v) is 9.28. The molecule has 0 aromatic rings. The molecule has 0 aromatic heterocycles. The van der Waals surface area contributed by atoms with Gasteiger partial charge < -0.3 is 4.74 Å². The summed E-state index contributed by atoms with van der Waals surface area (Å²) >= 11 is 0. The van der Waals surface area contributed by atoms with Gasteiger partial charge in [-0.3, -0.25) is 4.79 Å². The van der Waals surface area contributed by atoms with Gasteiger partial charge in [-0.2, -0.15) is 0 Å². The molecule has 1 rings (SSSR count). The van der Waals surface area contributed by atoms with Crippen LogP contribution >= 0.6 is 0 Å². The number of hydrogen-bond donors (Lipinski definition) is 0. The van der Waals surface area contributed by atoms with E-state index >= 15 is 0 Å². The molecule has 0 fully saturated rings. The predicted molar refractivity (Wildman–Crippen MR) is 69.9 cm³/mol. The third-order valence-corrected chi connectivity index (χ3v) is 5.33. The fourth-order valence-corrected chi connectivity index (χ4v) is 4.98. The fourth-order valence-electron chi connectivity index (χ4n) is 2.38. The van der Waals surface area contributed by atoms with Gasteiger partial charge >= 0.3 is 5.97 Å². The lowest BCUT2D eigenvalue weighted by molar-refractivity contribution is -0.142. The molecule has 1 unspecified atom stereocenters. The number of esters is 1. The van der Waals surface area contributed by atoms with Gasteiger partial charge in [0.15, 0.2) is 0 Å². The molecule has 0 heterocycles. The first-order chi connectivity index (χ1) is 7.26. The molecule has 3 heteroatoms. The Kier molecular flexibility index (Phi) is 3.78. The minimum absolute atomic E-state index is 0.0889. The maximum absolute atomic E-state index is 10.9. The minimum Gasteiger partial charge on any atom is -0.465 e. The lowest BCUT2D eigenvalue weighted by atomic mass is 9.87. The number of rotatable bonds is 3. The monoisotopic (exact) mass is 238 g/mol. The Balaban J connectivity index is 2.90. The summed E-state index contributed by atoms with van der Waals surface area (Å²) in [6.45, 7) is 11.1. The van der Waals surface area contributed by atoms with Crippen LogP contribution in [-0.2, 0) is 9.53 Å². The highest BCUT2D eigenvalue weighted by Gasteiger charge is 2.36. The summed E-state index contributed by atoms with van der Waals surface area (Å²) in [5.41, 5.74) is -0.0889. The molecule has 0 amide bonds. The second-order valence-corrected chi connectivity index (χ2v) is 10.7. The van der Waals surface area contributed by atoms with E-state index in [4.69, 9.17) is 4.74 Å². The predicted octanol–water partition coefficient (Wildman–Crippen LogP) is 3.32. The van der Waals surface area contributed by atoms with Gasteiger partial charge in [0.25, 0.3) is 0 Å². The molecular formula is C13H22O2Si. The lowest BCUT2D eigenvalue weighted by Gasteiger charge is -2.37. The molecule has 0 aromatic carbocycles. The highest BCUT2D eigenvalue weighted by molar-refractivity contribution is 6.83. The Hall–Kier alpha value is -0.833. The van der Waals surface area contributed by atoms with Gasteiger partial charge in [-0.1, -0.05) is 43.1 Å². The summed E-state index contributed by atoms with van der Waals surface area (Å²) in [4.78, 5) is 10.9. The second-order valence-electron chi connectivity index (χ2n) is 5.70. The number of ether oxygens (including phenoxy) is 1. The molecule has 2 nitrogen and oxygen atoms in total. The molecule has 90 valence electrons. The third kappa shape index (κ3) is 3.08. The molecule has 0 saturated carbocycles. The summed E-state index contributed by atoms with van der Waals surface area (Å²) in [6, 6.07) is 0. The molecule has 16 heavy (non-hydrogen) atoms.